The maximum absolute atomic E-state index is 13.5. The summed E-state index contributed by atoms with van der Waals surface area (Å²) in [5.41, 5.74) is 4.97. The average molecular weight is 505 g/mol. The van der Waals surface area contributed by atoms with E-state index in [1.165, 1.54) is 6.20 Å². The van der Waals surface area contributed by atoms with Crippen LogP contribution in [0.5, 0.6) is 0 Å². The number of sulfone groups is 1. The number of benzene rings is 2. The Morgan fingerprint density at radius 3 is 2.39 bits per heavy atom. The molecule has 0 fully saturated rings. The average Bonchev–Trinajstić information content (AvgIpc) is 3.34. The van der Waals surface area contributed by atoms with Crippen molar-refractivity contribution in [2.24, 2.45) is 0 Å². The smallest absolute Gasteiger partial charge is 0.276 e. The van der Waals surface area contributed by atoms with E-state index in [2.05, 4.69) is 15.3 Å². The molecule has 0 aliphatic rings. The molecule has 1 amide bonds. The van der Waals surface area contributed by atoms with Crippen LogP contribution in [0.1, 0.15) is 38.5 Å². The lowest BCUT2D eigenvalue weighted by Crippen LogP contribution is -2.27. The second-order valence-electron chi connectivity index (χ2n) is 8.85. The van der Waals surface area contributed by atoms with Gasteiger partial charge in [0, 0.05) is 18.5 Å². The number of hydrogen-bond acceptors (Lipinski definition) is 7. The number of amides is 1. The monoisotopic (exact) mass is 504 g/mol. The molecule has 1 N–H and O–H groups in total. The molecule has 0 radical (unpaired) electrons. The van der Waals surface area contributed by atoms with Crippen LogP contribution in [-0.2, 0) is 22.9 Å². The van der Waals surface area contributed by atoms with Crippen LogP contribution in [0.3, 0.4) is 0 Å². The Kier molecular flexibility index (Phi) is 7.21. The standard InChI is InChI=1S/C27H28N4O4S/c1-18-8-11-21(12-9-18)16-31(17-22-6-5-13-35-22)24-15-28-27(36(4,33)34)30-25(24)26(32)29-23-14-19(2)7-10-20(23)3/h5-15H,16-17H2,1-4H3,(H,29,32). The molecule has 0 spiro atoms. The van der Waals surface area contributed by atoms with Gasteiger partial charge >= 0.3 is 0 Å². The first-order chi connectivity index (χ1) is 17.1. The summed E-state index contributed by atoms with van der Waals surface area (Å²) in [4.78, 5) is 23.7. The number of carbonyl (C=O) groups is 1. The molecular formula is C27H28N4O4S. The summed E-state index contributed by atoms with van der Waals surface area (Å²) in [6, 6.07) is 17.4. The lowest BCUT2D eigenvalue weighted by Gasteiger charge is -2.25. The Morgan fingerprint density at radius 1 is 1.00 bits per heavy atom. The summed E-state index contributed by atoms with van der Waals surface area (Å²) >= 11 is 0. The van der Waals surface area contributed by atoms with E-state index in [0.717, 1.165) is 28.5 Å². The van der Waals surface area contributed by atoms with Crippen molar-refractivity contribution in [3.8, 4) is 0 Å². The highest BCUT2D eigenvalue weighted by Gasteiger charge is 2.24. The number of aromatic nitrogens is 2. The van der Waals surface area contributed by atoms with Gasteiger partial charge in [0.25, 0.3) is 5.91 Å². The maximum Gasteiger partial charge on any atom is 0.276 e. The van der Waals surface area contributed by atoms with Crippen molar-refractivity contribution in [1.29, 1.82) is 0 Å². The van der Waals surface area contributed by atoms with Gasteiger partial charge in [-0.1, -0.05) is 42.0 Å². The molecule has 9 heteroatoms. The van der Waals surface area contributed by atoms with Crippen molar-refractivity contribution in [2.45, 2.75) is 39.0 Å². The number of carbonyl (C=O) groups excluding carboxylic acids is 1. The first-order valence-corrected chi connectivity index (χ1v) is 13.3. The first kappa shape index (κ1) is 25.1. The van der Waals surface area contributed by atoms with Crippen molar-refractivity contribution >= 4 is 27.1 Å². The fourth-order valence-electron chi connectivity index (χ4n) is 3.72. The number of rotatable bonds is 8. The minimum atomic E-state index is -3.74. The first-order valence-electron chi connectivity index (χ1n) is 11.4. The van der Waals surface area contributed by atoms with Gasteiger partial charge < -0.3 is 14.6 Å². The largest absolute Gasteiger partial charge is 0.467 e. The Labute approximate surface area is 210 Å². The van der Waals surface area contributed by atoms with Crippen molar-refractivity contribution in [2.75, 3.05) is 16.5 Å². The Bertz CT molecular complexity index is 1480. The number of anilines is 2. The quantitative estimate of drug-likeness (QED) is 0.342. The molecule has 2 heterocycles. The van der Waals surface area contributed by atoms with Crippen LogP contribution in [0.2, 0.25) is 0 Å². The fraction of sp³-hybridized carbons (Fsp3) is 0.222. The number of nitrogens with one attached hydrogen (secondary N) is 1. The fourth-order valence-corrected chi connectivity index (χ4v) is 4.22. The van der Waals surface area contributed by atoms with Crippen molar-refractivity contribution in [3.63, 3.8) is 0 Å². The molecule has 36 heavy (non-hydrogen) atoms. The van der Waals surface area contributed by atoms with E-state index >= 15 is 0 Å². The summed E-state index contributed by atoms with van der Waals surface area (Å²) in [6.07, 6.45) is 3.98. The number of aryl methyl sites for hydroxylation is 3. The zero-order chi connectivity index (χ0) is 25.9. The van der Waals surface area contributed by atoms with Gasteiger partial charge in [-0.15, -0.1) is 0 Å². The summed E-state index contributed by atoms with van der Waals surface area (Å²) in [7, 11) is -3.74. The molecule has 2 aromatic heterocycles. The van der Waals surface area contributed by atoms with Gasteiger partial charge in [-0.2, -0.15) is 0 Å². The Hall–Kier alpha value is -3.98. The van der Waals surface area contributed by atoms with E-state index in [0.29, 0.717) is 30.2 Å². The zero-order valence-electron chi connectivity index (χ0n) is 20.6. The summed E-state index contributed by atoms with van der Waals surface area (Å²) < 4.78 is 30.0. The van der Waals surface area contributed by atoms with Crippen molar-refractivity contribution in [3.05, 3.63) is 101 Å². The molecule has 8 nitrogen and oxygen atoms in total. The van der Waals surface area contributed by atoms with E-state index in [1.807, 2.05) is 74.2 Å². The van der Waals surface area contributed by atoms with Crippen LogP contribution in [0.4, 0.5) is 11.4 Å². The minimum absolute atomic E-state index is 0.0370. The van der Waals surface area contributed by atoms with Gasteiger partial charge in [0.2, 0.25) is 15.0 Å². The molecule has 4 aromatic rings. The van der Waals surface area contributed by atoms with E-state index in [-0.39, 0.29) is 5.69 Å². The summed E-state index contributed by atoms with van der Waals surface area (Å²) in [5.74, 6) is 0.148. The minimum Gasteiger partial charge on any atom is -0.467 e. The van der Waals surface area contributed by atoms with Crippen molar-refractivity contribution in [1.82, 2.24) is 9.97 Å². The molecule has 0 bridgehead atoms. The molecule has 0 saturated heterocycles. The highest BCUT2D eigenvalue weighted by atomic mass is 32.2. The topological polar surface area (TPSA) is 105 Å². The predicted molar refractivity (Wildman–Crippen MR) is 139 cm³/mol. The molecular weight excluding hydrogens is 476 g/mol. The molecule has 4 rings (SSSR count). The van der Waals surface area contributed by atoms with Gasteiger partial charge in [-0.25, -0.2) is 18.4 Å². The molecule has 0 unspecified atom stereocenters. The Morgan fingerprint density at radius 2 is 1.72 bits per heavy atom. The number of nitrogens with zero attached hydrogens (tertiary/aromatic N) is 3. The highest BCUT2D eigenvalue weighted by Crippen LogP contribution is 2.26. The van der Waals surface area contributed by atoms with Crippen LogP contribution in [0.15, 0.2) is 76.6 Å². The lowest BCUT2D eigenvalue weighted by atomic mass is 10.1. The number of furan rings is 1. The number of hydrogen-bond donors (Lipinski definition) is 1. The van der Waals surface area contributed by atoms with Gasteiger partial charge in [-0.05, 0) is 55.7 Å². The molecule has 0 atom stereocenters. The van der Waals surface area contributed by atoms with Crippen LogP contribution in [0.25, 0.3) is 0 Å². The summed E-state index contributed by atoms with van der Waals surface area (Å²) in [6.45, 7) is 6.58. The van der Waals surface area contributed by atoms with E-state index in [4.69, 9.17) is 4.42 Å². The van der Waals surface area contributed by atoms with Crippen LogP contribution >= 0.6 is 0 Å². The van der Waals surface area contributed by atoms with E-state index in [9.17, 15) is 13.2 Å². The predicted octanol–water partition coefficient (Wildman–Crippen LogP) is 4.86. The third-order valence-electron chi connectivity index (χ3n) is 5.70. The van der Waals surface area contributed by atoms with Gasteiger partial charge in [0.05, 0.1) is 24.7 Å². The Balaban J connectivity index is 1.79. The van der Waals surface area contributed by atoms with Crippen LogP contribution in [-0.4, -0.2) is 30.5 Å². The van der Waals surface area contributed by atoms with Gasteiger partial charge in [0.1, 0.15) is 5.76 Å². The molecule has 0 saturated carbocycles. The summed E-state index contributed by atoms with van der Waals surface area (Å²) in [5, 5.41) is 2.49. The normalized spacial score (nSPS) is 11.3. The second kappa shape index (κ2) is 10.3. The van der Waals surface area contributed by atoms with Crippen LogP contribution in [0, 0.1) is 20.8 Å². The van der Waals surface area contributed by atoms with E-state index in [1.54, 1.807) is 12.3 Å². The maximum atomic E-state index is 13.5. The van der Waals surface area contributed by atoms with Crippen LogP contribution < -0.4 is 10.2 Å². The highest BCUT2D eigenvalue weighted by molar-refractivity contribution is 7.90. The van der Waals surface area contributed by atoms with Gasteiger partial charge in [0.15, 0.2) is 5.69 Å². The van der Waals surface area contributed by atoms with E-state index < -0.39 is 20.9 Å². The molecule has 0 aliphatic heterocycles. The molecule has 2 aromatic carbocycles. The second-order valence-corrected chi connectivity index (χ2v) is 10.8. The SMILES string of the molecule is Cc1ccc(CN(Cc2ccco2)c2cnc(S(C)(=O)=O)nc2C(=O)Nc2cc(C)ccc2C)cc1. The molecule has 0 aliphatic carbocycles. The lowest BCUT2D eigenvalue weighted by molar-refractivity contribution is 0.102. The van der Waals surface area contributed by atoms with Crippen molar-refractivity contribution < 1.29 is 17.6 Å². The van der Waals surface area contributed by atoms with Gasteiger partial charge in [-0.3, -0.25) is 4.79 Å². The zero-order valence-corrected chi connectivity index (χ0v) is 21.5. The third kappa shape index (κ3) is 5.98. The third-order valence-corrected chi connectivity index (χ3v) is 6.56. The molecule has 186 valence electrons.